The number of alkyl carbamates (subject to hydrolysis) is 1. The highest BCUT2D eigenvalue weighted by molar-refractivity contribution is 5.73. The van der Waals surface area contributed by atoms with Crippen LogP contribution in [0.2, 0.25) is 0 Å². The van der Waals surface area contributed by atoms with Crippen LogP contribution in [0.5, 0.6) is 0 Å². The van der Waals surface area contributed by atoms with Crippen LogP contribution in [0.15, 0.2) is 30.3 Å². The number of esters is 3. The maximum atomic E-state index is 11.9. The molecule has 1 aliphatic rings. The number of carbonyl (C=O) groups is 5. The molecule has 2 amide bonds. The molecule has 1 heterocycles. The number of hydrogen-bond acceptors (Lipinski definition) is 11. The van der Waals surface area contributed by atoms with Crippen LogP contribution in [-0.2, 0) is 54.2 Å². The fourth-order valence-electron chi connectivity index (χ4n) is 3.67. The summed E-state index contributed by atoms with van der Waals surface area (Å²) in [5, 5.41) is 5.22. The first-order valence-corrected chi connectivity index (χ1v) is 12.0. The van der Waals surface area contributed by atoms with E-state index < -0.39 is 60.6 Å². The van der Waals surface area contributed by atoms with Gasteiger partial charge in [0.1, 0.15) is 25.4 Å². The number of ether oxygens (including phenoxy) is 6. The molecule has 210 valence electrons. The van der Waals surface area contributed by atoms with E-state index in [0.717, 1.165) is 19.4 Å². The van der Waals surface area contributed by atoms with Gasteiger partial charge in [-0.2, -0.15) is 0 Å². The normalized spacial score (nSPS) is 22.5. The smallest absolute Gasteiger partial charge is 0.407 e. The third-order valence-electron chi connectivity index (χ3n) is 5.16. The Labute approximate surface area is 220 Å². The molecule has 1 aromatic rings. The summed E-state index contributed by atoms with van der Waals surface area (Å²) in [6.45, 7) is 4.83. The molecule has 1 fully saturated rings. The van der Waals surface area contributed by atoms with Crippen molar-refractivity contribution in [2.24, 2.45) is 0 Å². The predicted octanol–water partition coefficient (Wildman–Crippen LogP) is 0.976. The van der Waals surface area contributed by atoms with Gasteiger partial charge in [0.05, 0.1) is 6.61 Å². The van der Waals surface area contributed by atoms with E-state index in [0.29, 0.717) is 6.42 Å². The van der Waals surface area contributed by atoms with Gasteiger partial charge >= 0.3 is 24.0 Å². The monoisotopic (exact) mass is 538 g/mol. The van der Waals surface area contributed by atoms with E-state index in [1.807, 2.05) is 30.3 Å². The van der Waals surface area contributed by atoms with Gasteiger partial charge in [0.2, 0.25) is 5.91 Å². The SMILES string of the molecule is CC(=O)N[C@H]1C(OCCCNC(=O)OCc2ccccc2)O[C@H](COC(C)=O)[C@H](OC(C)=O)[C@@H]1OC(C)=O. The van der Waals surface area contributed by atoms with E-state index in [1.165, 1.54) is 13.8 Å². The van der Waals surface area contributed by atoms with Gasteiger partial charge in [-0.1, -0.05) is 30.3 Å². The largest absolute Gasteiger partial charge is 0.463 e. The van der Waals surface area contributed by atoms with Gasteiger partial charge in [0, 0.05) is 34.2 Å². The third kappa shape index (κ3) is 10.7. The molecule has 13 nitrogen and oxygen atoms in total. The van der Waals surface area contributed by atoms with Crippen LogP contribution in [0.4, 0.5) is 4.79 Å². The standard InChI is InChI=1S/C25H34N2O11/c1-15(28)27-21-23(37-18(4)31)22(36-17(3)30)20(14-34-16(2)29)38-24(21)33-12-8-11-26-25(32)35-13-19-9-6-5-7-10-19/h5-7,9-10,20-24H,8,11-14H2,1-4H3,(H,26,32)(H,27,28)/t20-,21-,22+,23-,24?/m1/s1. The van der Waals surface area contributed by atoms with E-state index in [-0.39, 0.29) is 26.4 Å². The highest BCUT2D eigenvalue weighted by atomic mass is 16.7. The van der Waals surface area contributed by atoms with Crippen molar-refractivity contribution >= 4 is 29.9 Å². The summed E-state index contributed by atoms with van der Waals surface area (Å²) in [6, 6.07) is 8.15. The van der Waals surface area contributed by atoms with Crippen molar-refractivity contribution < 1.29 is 52.4 Å². The summed E-state index contributed by atoms with van der Waals surface area (Å²) >= 11 is 0. The second-order valence-corrected chi connectivity index (χ2v) is 8.43. The molecule has 13 heteroatoms. The van der Waals surface area contributed by atoms with Crippen LogP contribution in [0, 0.1) is 0 Å². The van der Waals surface area contributed by atoms with Crippen LogP contribution < -0.4 is 10.6 Å². The van der Waals surface area contributed by atoms with E-state index in [4.69, 9.17) is 28.4 Å². The predicted molar refractivity (Wildman–Crippen MR) is 129 cm³/mol. The average Bonchev–Trinajstić information content (AvgIpc) is 2.84. The lowest BCUT2D eigenvalue weighted by molar-refractivity contribution is -0.277. The highest BCUT2D eigenvalue weighted by Crippen LogP contribution is 2.28. The molecule has 0 radical (unpaired) electrons. The molecule has 2 rings (SSSR count). The second-order valence-electron chi connectivity index (χ2n) is 8.43. The van der Waals surface area contributed by atoms with Gasteiger partial charge in [0.25, 0.3) is 0 Å². The second kappa shape index (κ2) is 15.5. The molecule has 1 saturated heterocycles. The summed E-state index contributed by atoms with van der Waals surface area (Å²) < 4.78 is 32.6. The minimum absolute atomic E-state index is 0.0605. The Morgan fingerprint density at radius 3 is 2.13 bits per heavy atom. The van der Waals surface area contributed by atoms with Gasteiger partial charge in [0.15, 0.2) is 18.5 Å². The van der Waals surface area contributed by atoms with E-state index in [2.05, 4.69) is 10.6 Å². The average molecular weight is 539 g/mol. The highest BCUT2D eigenvalue weighted by Gasteiger charge is 2.51. The fraction of sp³-hybridized carbons (Fsp3) is 0.560. The first kappa shape index (κ1) is 30.5. The van der Waals surface area contributed by atoms with E-state index in [1.54, 1.807) is 0 Å². The van der Waals surface area contributed by atoms with Crippen molar-refractivity contribution in [3.63, 3.8) is 0 Å². The minimum Gasteiger partial charge on any atom is -0.463 e. The molecule has 0 aliphatic carbocycles. The molecule has 0 saturated carbocycles. The third-order valence-corrected chi connectivity index (χ3v) is 5.16. The first-order chi connectivity index (χ1) is 18.1. The molecule has 5 atom stereocenters. The van der Waals surface area contributed by atoms with Crippen molar-refractivity contribution in [1.29, 1.82) is 0 Å². The first-order valence-electron chi connectivity index (χ1n) is 12.0. The lowest BCUT2D eigenvalue weighted by Gasteiger charge is -2.44. The Kier molecular flexibility index (Phi) is 12.5. The zero-order chi connectivity index (χ0) is 28.1. The van der Waals surface area contributed by atoms with Gasteiger partial charge in [-0.15, -0.1) is 0 Å². The fourth-order valence-corrected chi connectivity index (χ4v) is 3.67. The van der Waals surface area contributed by atoms with E-state index >= 15 is 0 Å². The number of hydrogen-bond donors (Lipinski definition) is 2. The van der Waals surface area contributed by atoms with Crippen molar-refractivity contribution in [3.05, 3.63) is 35.9 Å². The van der Waals surface area contributed by atoms with Crippen LogP contribution >= 0.6 is 0 Å². The molecule has 0 aromatic heterocycles. The number of nitrogens with one attached hydrogen (secondary N) is 2. The summed E-state index contributed by atoms with van der Waals surface area (Å²) in [4.78, 5) is 58.9. The minimum atomic E-state index is -1.20. The van der Waals surface area contributed by atoms with Gasteiger partial charge < -0.3 is 39.1 Å². The van der Waals surface area contributed by atoms with Crippen molar-refractivity contribution in [2.45, 2.75) is 71.4 Å². The zero-order valence-electron chi connectivity index (χ0n) is 21.8. The summed E-state index contributed by atoms with van der Waals surface area (Å²) in [5.74, 6) is -2.49. The Morgan fingerprint density at radius 1 is 0.868 bits per heavy atom. The van der Waals surface area contributed by atoms with Crippen LogP contribution in [0.25, 0.3) is 0 Å². The molecule has 2 N–H and O–H groups in total. The van der Waals surface area contributed by atoms with Gasteiger partial charge in [-0.3, -0.25) is 19.2 Å². The number of carbonyl (C=O) groups excluding carboxylic acids is 5. The molecule has 1 unspecified atom stereocenters. The number of rotatable bonds is 12. The Balaban J connectivity index is 2.01. The molecule has 0 bridgehead atoms. The Bertz CT molecular complexity index is 956. The molecule has 1 aromatic carbocycles. The summed E-state index contributed by atoms with van der Waals surface area (Å²) in [5.41, 5.74) is 0.849. The molecule has 1 aliphatic heterocycles. The molecular weight excluding hydrogens is 504 g/mol. The molecule has 38 heavy (non-hydrogen) atoms. The maximum Gasteiger partial charge on any atom is 0.407 e. The Morgan fingerprint density at radius 2 is 1.53 bits per heavy atom. The summed E-state index contributed by atoms with van der Waals surface area (Å²) in [7, 11) is 0. The van der Waals surface area contributed by atoms with Crippen LogP contribution in [-0.4, -0.2) is 80.3 Å². The Hall–Kier alpha value is -3.71. The van der Waals surface area contributed by atoms with Crippen molar-refractivity contribution in [1.82, 2.24) is 10.6 Å². The summed E-state index contributed by atoms with van der Waals surface area (Å²) in [6.07, 6.45) is -4.89. The number of amides is 2. The topological polar surface area (TPSA) is 165 Å². The van der Waals surface area contributed by atoms with Gasteiger partial charge in [-0.25, -0.2) is 4.79 Å². The van der Waals surface area contributed by atoms with Crippen molar-refractivity contribution in [3.8, 4) is 0 Å². The van der Waals surface area contributed by atoms with Crippen LogP contribution in [0.1, 0.15) is 39.7 Å². The zero-order valence-corrected chi connectivity index (χ0v) is 21.8. The molecular formula is C25H34N2O11. The lowest BCUT2D eigenvalue weighted by atomic mass is 9.96. The molecule has 0 spiro atoms. The van der Waals surface area contributed by atoms with E-state index in [9.17, 15) is 24.0 Å². The quantitative estimate of drug-likeness (QED) is 0.221. The number of benzene rings is 1. The van der Waals surface area contributed by atoms with Gasteiger partial charge in [-0.05, 0) is 12.0 Å². The lowest BCUT2D eigenvalue weighted by Crippen LogP contribution is -2.66. The van der Waals surface area contributed by atoms with Crippen molar-refractivity contribution in [2.75, 3.05) is 19.8 Å². The van der Waals surface area contributed by atoms with Crippen LogP contribution in [0.3, 0.4) is 0 Å². The maximum absolute atomic E-state index is 11.9.